The molecule has 0 spiro atoms. The molecular weight excluding hydrogens is 248 g/mol. The summed E-state index contributed by atoms with van der Waals surface area (Å²) < 4.78 is 30.5. The Morgan fingerprint density at radius 2 is 1.88 bits per heavy atom. The van der Waals surface area contributed by atoms with Crippen LogP contribution in [0.1, 0.15) is 19.4 Å². The smallest absolute Gasteiger partial charge is 0.265 e. The lowest BCUT2D eigenvalue weighted by Gasteiger charge is -2.23. The van der Waals surface area contributed by atoms with Gasteiger partial charge in [0.1, 0.15) is 0 Å². The van der Waals surface area contributed by atoms with E-state index in [-0.39, 0.29) is 5.75 Å². The average Bonchev–Trinajstić information content (AvgIpc) is 2.04. The van der Waals surface area contributed by atoms with Crippen LogP contribution in [-0.4, -0.2) is 18.7 Å². The Hall–Kier alpha value is -0.580. The molecule has 0 aromatic heterocycles. The predicted molar refractivity (Wildman–Crippen MR) is 65.4 cm³/mol. The van der Waals surface area contributed by atoms with E-state index in [4.69, 9.17) is 16.2 Å². The van der Waals surface area contributed by atoms with Gasteiger partial charge >= 0.3 is 0 Å². The fourth-order valence-electron chi connectivity index (χ4n) is 1.70. The third kappa shape index (κ3) is 4.51. The highest BCUT2D eigenvalue weighted by Gasteiger charge is 2.25. The number of rotatable bonds is 4. The van der Waals surface area contributed by atoms with E-state index in [1.807, 2.05) is 18.2 Å². The van der Waals surface area contributed by atoms with E-state index in [0.717, 1.165) is 5.56 Å². The third-order valence-corrected chi connectivity index (χ3v) is 3.71. The number of hydrogen-bond acceptors (Lipinski definition) is 2. The summed E-state index contributed by atoms with van der Waals surface area (Å²) in [5.74, 6) is -0.273. The Bertz CT molecular complexity index is 466. The Labute approximate surface area is 101 Å². The van der Waals surface area contributed by atoms with Crippen molar-refractivity contribution in [3.05, 3.63) is 34.9 Å². The van der Waals surface area contributed by atoms with E-state index in [9.17, 15) is 8.42 Å². The van der Waals surface area contributed by atoms with E-state index in [1.165, 1.54) is 0 Å². The zero-order valence-corrected chi connectivity index (χ0v) is 10.8. The minimum absolute atomic E-state index is 0.273. The molecule has 1 rings (SSSR count). The van der Waals surface area contributed by atoms with Gasteiger partial charge in [0.25, 0.3) is 10.1 Å². The van der Waals surface area contributed by atoms with Crippen molar-refractivity contribution in [3.63, 3.8) is 0 Å². The predicted octanol–water partition coefficient (Wildman–Crippen LogP) is 2.80. The molecule has 0 fully saturated rings. The minimum atomic E-state index is -3.96. The maximum Gasteiger partial charge on any atom is 0.265 e. The quantitative estimate of drug-likeness (QED) is 0.849. The number of hydrogen-bond donors (Lipinski definition) is 1. The molecular formula is C11H15ClO3S. The monoisotopic (exact) mass is 262 g/mol. The number of halogens is 1. The molecule has 0 unspecified atom stereocenters. The highest BCUT2D eigenvalue weighted by Crippen LogP contribution is 2.27. The van der Waals surface area contributed by atoms with Gasteiger partial charge in [0.2, 0.25) is 0 Å². The topological polar surface area (TPSA) is 54.4 Å². The van der Waals surface area contributed by atoms with E-state index >= 15 is 0 Å². The normalized spacial score (nSPS) is 12.8. The standard InChI is InChI=1S/C11H15ClO3S/c1-11(2,8-16(13,14)15)7-9-5-3-4-6-10(9)12/h3-6H,7-8H2,1-2H3,(H,13,14,15). The molecule has 0 aliphatic heterocycles. The molecule has 0 saturated heterocycles. The second kappa shape index (κ2) is 4.73. The van der Waals surface area contributed by atoms with Crippen LogP contribution in [0.2, 0.25) is 5.02 Å². The van der Waals surface area contributed by atoms with Crippen LogP contribution < -0.4 is 0 Å². The van der Waals surface area contributed by atoms with Crippen LogP contribution >= 0.6 is 11.6 Å². The maximum absolute atomic E-state index is 10.8. The summed E-state index contributed by atoms with van der Waals surface area (Å²) in [4.78, 5) is 0. The fraction of sp³-hybridized carbons (Fsp3) is 0.455. The molecule has 1 aromatic rings. The van der Waals surface area contributed by atoms with Crippen molar-refractivity contribution >= 4 is 21.7 Å². The molecule has 1 aromatic carbocycles. The largest absolute Gasteiger partial charge is 0.286 e. The summed E-state index contributed by atoms with van der Waals surface area (Å²) in [6, 6.07) is 7.29. The van der Waals surface area contributed by atoms with Gasteiger partial charge in [-0.2, -0.15) is 8.42 Å². The van der Waals surface area contributed by atoms with Crippen LogP contribution in [0, 0.1) is 5.41 Å². The van der Waals surface area contributed by atoms with Crippen LogP contribution in [0.25, 0.3) is 0 Å². The first kappa shape index (κ1) is 13.5. The second-order valence-corrected chi connectivity index (χ2v) is 6.52. The van der Waals surface area contributed by atoms with E-state index in [0.29, 0.717) is 11.4 Å². The van der Waals surface area contributed by atoms with Crippen molar-refractivity contribution in [1.82, 2.24) is 0 Å². The zero-order chi connectivity index (χ0) is 12.4. The summed E-state index contributed by atoms with van der Waals surface area (Å²) >= 11 is 5.99. The van der Waals surface area contributed by atoms with Crippen molar-refractivity contribution in [3.8, 4) is 0 Å². The first-order valence-corrected chi connectivity index (χ1v) is 6.87. The molecule has 0 saturated carbocycles. The molecule has 90 valence electrons. The molecule has 1 N–H and O–H groups in total. The van der Waals surface area contributed by atoms with Gasteiger partial charge < -0.3 is 0 Å². The van der Waals surface area contributed by atoms with Crippen LogP contribution in [0.15, 0.2) is 24.3 Å². The lowest BCUT2D eigenvalue weighted by Crippen LogP contribution is -2.26. The molecule has 0 aliphatic rings. The molecule has 16 heavy (non-hydrogen) atoms. The van der Waals surface area contributed by atoms with E-state index in [1.54, 1.807) is 19.9 Å². The Kier molecular flexibility index (Phi) is 3.99. The van der Waals surface area contributed by atoms with Gasteiger partial charge in [-0.15, -0.1) is 0 Å². The third-order valence-electron chi connectivity index (χ3n) is 2.20. The van der Waals surface area contributed by atoms with Gasteiger partial charge in [-0.1, -0.05) is 43.6 Å². The number of benzene rings is 1. The van der Waals surface area contributed by atoms with E-state index < -0.39 is 15.5 Å². The maximum atomic E-state index is 10.8. The first-order chi connectivity index (χ1) is 7.20. The average molecular weight is 263 g/mol. The summed E-state index contributed by atoms with van der Waals surface area (Å²) in [6.45, 7) is 3.56. The molecule has 0 bridgehead atoms. The summed E-state index contributed by atoms with van der Waals surface area (Å²) in [7, 11) is -3.96. The highest BCUT2D eigenvalue weighted by molar-refractivity contribution is 7.85. The Balaban J connectivity index is 2.85. The van der Waals surface area contributed by atoms with Gasteiger partial charge in [0.05, 0.1) is 5.75 Å². The lowest BCUT2D eigenvalue weighted by atomic mass is 9.88. The van der Waals surface area contributed by atoms with Gasteiger partial charge in [-0.25, -0.2) is 0 Å². The molecule has 0 atom stereocenters. The van der Waals surface area contributed by atoms with Crippen molar-refractivity contribution in [1.29, 1.82) is 0 Å². The van der Waals surface area contributed by atoms with Gasteiger partial charge in [0, 0.05) is 5.02 Å². The second-order valence-electron chi connectivity index (χ2n) is 4.66. The summed E-state index contributed by atoms with van der Waals surface area (Å²) in [6.07, 6.45) is 0.506. The molecule has 0 aliphatic carbocycles. The SMILES string of the molecule is CC(C)(Cc1ccccc1Cl)CS(=O)(=O)O. The lowest BCUT2D eigenvalue weighted by molar-refractivity contribution is 0.387. The zero-order valence-electron chi connectivity index (χ0n) is 9.27. The molecule has 0 radical (unpaired) electrons. The summed E-state index contributed by atoms with van der Waals surface area (Å²) in [5, 5.41) is 0.617. The van der Waals surface area contributed by atoms with Crippen molar-refractivity contribution in [2.24, 2.45) is 5.41 Å². The fourth-order valence-corrected chi connectivity index (χ4v) is 2.99. The molecule has 3 nitrogen and oxygen atoms in total. The Morgan fingerprint density at radius 1 is 1.31 bits per heavy atom. The van der Waals surface area contributed by atoms with Crippen LogP contribution in [0.4, 0.5) is 0 Å². The molecule has 0 amide bonds. The minimum Gasteiger partial charge on any atom is -0.286 e. The van der Waals surface area contributed by atoms with Crippen molar-refractivity contribution < 1.29 is 13.0 Å². The summed E-state index contributed by atoms with van der Waals surface area (Å²) in [5.41, 5.74) is 0.344. The van der Waals surface area contributed by atoms with Gasteiger partial charge in [-0.05, 0) is 23.5 Å². The van der Waals surface area contributed by atoms with E-state index in [2.05, 4.69) is 0 Å². The van der Waals surface area contributed by atoms with Crippen LogP contribution in [-0.2, 0) is 16.5 Å². The van der Waals surface area contributed by atoms with Gasteiger partial charge in [-0.3, -0.25) is 4.55 Å². The van der Waals surface area contributed by atoms with Crippen molar-refractivity contribution in [2.45, 2.75) is 20.3 Å². The van der Waals surface area contributed by atoms with Crippen LogP contribution in [0.5, 0.6) is 0 Å². The Morgan fingerprint density at radius 3 is 2.38 bits per heavy atom. The molecule has 0 heterocycles. The molecule has 5 heteroatoms. The van der Waals surface area contributed by atoms with Crippen LogP contribution in [0.3, 0.4) is 0 Å². The highest BCUT2D eigenvalue weighted by atomic mass is 35.5. The van der Waals surface area contributed by atoms with Crippen molar-refractivity contribution in [2.75, 3.05) is 5.75 Å². The first-order valence-electron chi connectivity index (χ1n) is 4.88. The van der Waals surface area contributed by atoms with Gasteiger partial charge in [0.15, 0.2) is 0 Å².